The number of anilines is 1. The molecule has 0 aliphatic heterocycles. The first-order chi connectivity index (χ1) is 9.51. The summed E-state index contributed by atoms with van der Waals surface area (Å²) in [6.45, 7) is 6.88. The number of aryl methyl sites for hydroxylation is 1. The van der Waals surface area contributed by atoms with Crippen molar-refractivity contribution in [2.24, 2.45) is 5.41 Å². The number of hydrogen-bond donors (Lipinski definition) is 3. The van der Waals surface area contributed by atoms with Gasteiger partial charge >= 0.3 is 0 Å². The fraction of sp³-hybridized carbons (Fsp3) is 0.500. The summed E-state index contributed by atoms with van der Waals surface area (Å²) in [6, 6.07) is 3.15. The average Bonchev–Trinajstić information content (AvgIpc) is 2.39. The number of hydrogen-bond acceptors (Lipinski definition) is 4. The molecular formula is C14H23N3O3S. The summed E-state index contributed by atoms with van der Waals surface area (Å²) in [7, 11) is -2.20. The third-order valence-electron chi connectivity index (χ3n) is 3.48. The molecule has 0 aliphatic carbocycles. The molecule has 0 unspecified atom stereocenters. The summed E-state index contributed by atoms with van der Waals surface area (Å²) in [4.78, 5) is 11.8. The van der Waals surface area contributed by atoms with Crippen LogP contribution in [0, 0.1) is 19.3 Å². The minimum absolute atomic E-state index is 0.00228. The second-order valence-corrected chi connectivity index (χ2v) is 7.48. The predicted molar refractivity (Wildman–Crippen MR) is 83.4 cm³/mol. The maximum atomic E-state index is 12.4. The fourth-order valence-electron chi connectivity index (χ4n) is 1.90. The number of carbonyl (C=O) groups excluding carboxylic acids is 1. The van der Waals surface area contributed by atoms with Gasteiger partial charge < -0.3 is 11.1 Å². The van der Waals surface area contributed by atoms with Crippen LogP contribution in [0.4, 0.5) is 5.69 Å². The van der Waals surface area contributed by atoms with Crippen molar-refractivity contribution in [1.82, 2.24) is 10.0 Å². The van der Waals surface area contributed by atoms with Gasteiger partial charge in [-0.25, -0.2) is 13.1 Å². The number of benzene rings is 1. The molecule has 0 spiro atoms. The van der Waals surface area contributed by atoms with Crippen LogP contribution in [0.15, 0.2) is 17.0 Å². The molecule has 0 aliphatic rings. The van der Waals surface area contributed by atoms with Gasteiger partial charge in [0.2, 0.25) is 15.9 Å². The van der Waals surface area contributed by atoms with Gasteiger partial charge in [0.25, 0.3) is 0 Å². The van der Waals surface area contributed by atoms with E-state index in [-0.39, 0.29) is 17.3 Å². The molecule has 0 radical (unpaired) electrons. The third kappa shape index (κ3) is 3.95. The molecule has 0 fully saturated rings. The van der Waals surface area contributed by atoms with E-state index < -0.39 is 15.4 Å². The Morgan fingerprint density at radius 3 is 2.38 bits per heavy atom. The highest BCUT2D eigenvalue weighted by atomic mass is 32.2. The minimum atomic E-state index is -3.72. The second kappa shape index (κ2) is 6.03. The average molecular weight is 313 g/mol. The lowest BCUT2D eigenvalue weighted by atomic mass is 9.93. The van der Waals surface area contributed by atoms with Crippen molar-refractivity contribution in [3.8, 4) is 0 Å². The van der Waals surface area contributed by atoms with Crippen LogP contribution in [-0.2, 0) is 14.8 Å². The molecule has 0 saturated heterocycles. The summed E-state index contributed by atoms with van der Waals surface area (Å²) < 4.78 is 27.3. The standard InChI is InChI=1S/C14H23N3O3S/c1-9-6-11(15)7-12(10(9)2)21(19,20)17-8-14(3,4)13(18)16-5/h6-7,17H,8,15H2,1-5H3,(H,16,18). The smallest absolute Gasteiger partial charge is 0.240 e. The molecule has 1 aromatic carbocycles. The molecular weight excluding hydrogens is 290 g/mol. The number of amides is 1. The Kier molecular flexibility index (Phi) is 5.01. The Hall–Kier alpha value is -1.60. The van der Waals surface area contributed by atoms with E-state index in [0.717, 1.165) is 5.56 Å². The van der Waals surface area contributed by atoms with Crippen LogP contribution in [0.2, 0.25) is 0 Å². The van der Waals surface area contributed by atoms with Gasteiger partial charge in [0.1, 0.15) is 0 Å². The predicted octanol–water partition coefficient (Wildman–Crippen LogP) is 0.936. The lowest BCUT2D eigenvalue weighted by Gasteiger charge is -2.23. The molecule has 0 saturated carbocycles. The zero-order valence-electron chi connectivity index (χ0n) is 13.1. The number of sulfonamides is 1. The molecule has 4 N–H and O–H groups in total. The Morgan fingerprint density at radius 1 is 1.29 bits per heavy atom. The first-order valence-corrected chi connectivity index (χ1v) is 8.08. The SMILES string of the molecule is CNC(=O)C(C)(C)CNS(=O)(=O)c1cc(N)cc(C)c1C. The highest BCUT2D eigenvalue weighted by Crippen LogP contribution is 2.23. The molecule has 6 nitrogen and oxygen atoms in total. The van der Waals surface area contributed by atoms with Crippen LogP contribution in [0.25, 0.3) is 0 Å². The van der Waals surface area contributed by atoms with E-state index in [1.807, 2.05) is 0 Å². The van der Waals surface area contributed by atoms with Crippen molar-refractivity contribution < 1.29 is 13.2 Å². The van der Waals surface area contributed by atoms with Crippen molar-refractivity contribution >= 4 is 21.6 Å². The molecule has 1 amide bonds. The lowest BCUT2D eigenvalue weighted by Crippen LogP contribution is -2.43. The Bertz CT molecular complexity index is 652. The largest absolute Gasteiger partial charge is 0.399 e. The topological polar surface area (TPSA) is 101 Å². The van der Waals surface area contributed by atoms with Gasteiger partial charge in [-0.05, 0) is 51.0 Å². The van der Waals surface area contributed by atoms with E-state index in [2.05, 4.69) is 10.0 Å². The number of nitrogens with two attached hydrogens (primary N) is 1. The zero-order valence-corrected chi connectivity index (χ0v) is 13.9. The van der Waals surface area contributed by atoms with Gasteiger partial charge in [0.05, 0.1) is 10.3 Å². The van der Waals surface area contributed by atoms with Crippen LogP contribution < -0.4 is 15.8 Å². The quantitative estimate of drug-likeness (QED) is 0.704. The molecule has 1 rings (SSSR count). The minimum Gasteiger partial charge on any atom is -0.399 e. The second-order valence-electron chi connectivity index (χ2n) is 5.75. The molecule has 0 aromatic heterocycles. The fourth-order valence-corrected chi connectivity index (χ4v) is 3.47. The van der Waals surface area contributed by atoms with Crippen molar-refractivity contribution in [3.63, 3.8) is 0 Å². The summed E-state index contributed by atoms with van der Waals surface area (Å²) >= 11 is 0. The van der Waals surface area contributed by atoms with E-state index in [9.17, 15) is 13.2 Å². The molecule has 1 aromatic rings. The highest BCUT2D eigenvalue weighted by molar-refractivity contribution is 7.89. The van der Waals surface area contributed by atoms with Crippen molar-refractivity contribution in [3.05, 3.63) is 23.3 Å². The molecule has 0 heterocycles. The van der Waals surface area contributed by atoms with E-state index in [1.165, 1.54) is 13.1 Å². The number of nitrogen functional groups attached to an aromatic ring is 1. The number of rotatable bonds is 5. The molecule has 0 bridgehead atoms. The molecule has 7 heteroatoms. The van der Waals surface area contributed by atoms with E-state index in [0.29, 0.717) is 11.3 Å². The lowest BCUT2D eigenvalue weighted by molar-refractivity contribution is -0.128. The zero-order chi connectivity index (χ0) is 16.4. The van der Waals surface area contributed by atoms with Crippen LogP contribution in [-0.4, -0.2) is 27.9 Å². The molecule has 0 atom stereocenters. The van der Waals surface area contributed by atoms with Crippen molar-refractivity contribution in [2.45, 2.75) is 32.6 Å². The van der Waals surface area contributed by atoms with Gasteiger partial charge in [-0.1, -0.05) is 0 Å². The van der Waals surface area contributed by atoms with Crippen LogP contribution in [0.1, 0.15) is 25.0 Å². The van der Waals surface area contributed by atoms with Crippen LogP contribution in [0.5, 0.6) is 0 Å². The van der Waals surface area contributed by atoms with E-state index in [4.69, 9.17) is 5.73 Å². The summed E-state index contributed by atoms with van der Waals surface area (Å²) in [6.07, 6.45) is 0. The van der Waals surface area contributed by atoms with Gasteiger partial charge in [0, 0.05) is 19.3 Å². The number of carbonyl (C=O) groups is 1. The summed E-state index contributed by atoms with van der Waals surface area (Å²) in [5.74, 6) is -0.231. The number of nitrogens with one attached hydrogen (secondary N) is 2. The molecule has 21 heavy (non-hydrogen) atoms. The van der Waals surface area contributed by atoms with Gasteiger partial charge in [-0.2, -0.15) is 0 Å². The maximum absolute atomic E-state index is 12.4. The Balaban J connectivity index is 3.06. The van der Waals surface area contributed by atoms with Crippen LogP contribution >= 0.6 is 0 Å². The van der Waals surface area contributed by atoms with E-state index in [1.54, 1.807) is 33.8 Å². The van der Waals surface area contributed by atoms with Gasteiger partial charge in [0.15, 0.2) is 0 Å². The summed E-state index contributed by atoms with van der Waals surface area (Å²) in [5.41, 5.74) is 6.72. The van der Waals surface area contributed by atoms with Gasteiger partial charge in [-0.15, -0.1) is 0 Å². The highest BCUT2D eigenvalue weighted by Gasteiger charge is 2.29. The Labute approximate surface area is 126 Å². The molecule has 118 valence electrons. The monoisotopic (exact) mass is 313 g/mol. The Morgan fingerprint density at radius 2 is 1.86 bits per heavy atom. The first kappa shape index (κ1) is 17.5. The normalized spacial score (nSPS) is 12.2. The van der Waals surface area contributed by atoms with Crippen molar-refractivity contribution in [1.29, 1.82) is 0 Å². The first-order valence-electron chi connectivity index (χ1n) is 6.60. The van der Waals surface area contributed by atoms with Crippen LogP contribution in [0.3, 0.4) is 0 Å². The maximum Gasteiger partial charge on any atom is 0.240 e. The third-order valence-corrected chi connectivity index (χ3v) is 5.00. The van der Waals surface area contributed by atoms with Gasteiger partial charge in [-0.3, -0.25) is 4.79 Å². The summed E-state index contributed by atoms with van der Waals surface area (Å²) in [5, 5.41) is 2.52. The van der Waals surface area contributed by atoms with E-state index >= 15 is 0 Å². The van der Waals surface area contributed by atoms with Crippen molar-refractivity contribution in [2.75, 3.05) is 19.3 Å².